The van der Waals surface area contributed by atoms with E-state index in [0.717, 1.165) is 75.3 Å². The van der Waals surface area contributed by atoms with Crippen LogP contribution in [0.1, 0.15) is 90.0 Å². The lowest BCUT2D eigenvalue weighted by Gasteiger charge is -2.56. The van der Waals surface area contributed by atoms with Crippen molar-refractivity contribution in [3.05, 3.63) is 125 Å². The number of carbonyl (C=O) groups excluding carboxylic acids is 1. The third kappa shape index (κ3) is 7.78. The number of ether oxygens (including phenoxy) is 2. The Hall–Kier alpha value is -4.15. The van der Waals surface area contributed by atoms with Crippen LogP contribution in [0.3, 0.4) is 0 Å². The van der Waals surface area contributed by atoms with E-state index >= 15 is 0 Å². The number of hydrogen-bond acceptors (Lipinski definition) is 6. The van der Waals surface area contributed by atoms with Gasteiger partial charge in [-0.15, -0.1) is 11.8 Å². The fraction of sp³-hybridized carbons (Fsp3) is 0.395. The van der Waals surface area contributed by atoms with Gasteiger partial charge in [0.2, 0.25) is 0 Å². The molecule has 4 aromatic carbocycles. The zero-order chi connectivity index (χ0) is 35.7. The van der Waals surface area contributed by atoms with Gasteiger partial charge in [0.25, 0.3) is 0 Å². The Bertz CT molecular complexity index is 1840. The molecule has 8 nitrogen and oxygen atoms in total. The monoisotopic (exact) mass is 718 g/mol. The maximum Gasteiger partial charge on any atom is 0.335 e. The maximum atomic E-state index is 13.2. The first-order chi connectivity index (χ1) is 25.3. The smallest absolute Gasteiger partial charge is 0.335 e. The van der Waals surface area contributed by atoms with Crippen molar-refractivity contribution in [1.29, 1.82) is 0 Å². The van der Waals surface area contributed by atoms with E-state index in [1.807, 2.05) is 48.5 Å². The Kier molecular flexibility index (Phi) is 10.1. The number of thioether (sulfide) groups is 1. The minimum atomic E-state index is -0.941. The first-order valence-corrected chi connectivity index (χ1v) is 19.5. The Morgan fingerprint density at radius 1 is 0.769 bits per heavy atom. The SMILES string of the molecule is O=C(NCc1ccccc1-c1ccc([C@@H]2O[C@H](CSc3ccc(C(=O)O)cc3)C[C@H](c3ccc(CO)cc3)O2)cc1)NC12CC3CC(CC(C3)C1)C2. The standard InChI is InChI=1S/C43H46N2O6S/c46-25-27-5-7-32(8-6-27)39-20-36(26-52-37-15-13-33(14-16-37)40(47)48)50-41(51-39)34-11-9-31(10-12-34)38-4-2-1-3-35(38)24-44-42(49)45-43-21-28-17-29(22-43)19-30(18-28)23-43/h1-16,28-30,36,39,41,46H,17-26H2,(H,47,48)(H2,44,45,49)/t28?,29?,30?,36-,39+,41+,43?/m0/s1. The van der Waals surface area contributed by atoms with Crippen LogP contribution in [-0.4, -0.2) is 39.6 Å². The molecule has 4 aromatic rings. The number of carboxylic acids is 1. The van der Waals surface area contributed by atoms with E-state index in [4.69, 9.17) is 9.47 Å². The van der Waals surface area contributed by atoms with E-state index in [0.29, 0.717) is 18.7 Å². The number of hydrogen-bond donors (Lipinski definition) is 4. The predicted molar refractivity (Wildman–Crippen MR) is 201 cm³/mol. The summed E-state index contributed by atoms with van der Waals surface area (Å²) in [5.41, 5.74) is 6.19. The van der Waals surface area contributed by atoms with Gasteiger partial charge in [0.15, 0.2) is 6.29 Å². The van der Waals surface area contributed by atoms with Crippen LogP contribution in [0.2, 0.25) is 0 Å². The van der Waals surface area contributed by atoms with Crippen LogP contribution >= 0.6 is 11.8 Å². The van der Waals surface area contributed by atoms with E-state index in [-0.39, 0.29) is 35.9 Å². The number of aliphatic hydroxyl groups is 1. The highest BCUT2D eigenvalue weighted by molar-refractivity contribution is 7.99. The molecule has 4 N–H and O–H groups in total. The van der Waals surface area contributed by atoms with Crippen LogP contribution in [0.25, 0.3) is 11.1 Å². The van der Waals surface area contributed by atoms with Crippen molar-refractivity contribution in [3.63, 3.8) is 0 Å². The quantitative estimate of drug-likeness (QED) is 0.115. The number of aliphatic hydroxyl groups excluding tert-OH is 1. The van der Waals surface area contributed by atoms with Crippen LogP contribution in [0.5, 0.6) is 0 Å². The van der Waals surface area contributed by atoms with Gasteiger partial charge >= 0.3 is 12.0 Å². The third-order valence-electron chi connectivity index (χ3n) is 11.5. The molecule has 9 rings (SSSR count). The van der Waals surface area contributed by atoms with Gasteiger partial charge in [-0.3, -0.25) is 0 Å². The summed E-state index contributed by atoms with van der Waals surface area (Å²) >= 11 is 1.63. The number of carbonyl (C=O) groups is 2. The highest BCUT2D eigenvalue weighted by atomic mass is 32.2. The minimum absolute atomic E-state index is 0.0158. The Labute approximate surface area is 309 Å². The molecule has 270 valence electrons. The maximum absolute atomic E-state index is 13.2. The fourth-order valence-corrected chi connectivity index (χ4v) is 10.3. The number of rotatable bonds is 11. The highest BCUT2D eigenvalue weighted by Gasteiger charge is 2.51. The topological polar surface area (TPSA) is 117 Å². The highest BCUT2D eigenvalue weighted by Crippen LogP contribution is 2.55. The molecule has 52 heavy (non-hydrogen) atoms. The Morgan fingerprint density at radius 2 is 1.42 bits per heavy atom. The second-order valence-corrected chi connectivity index (χ2v) is 16.4. The van der Waals surface area contributed by atoms with E-state index in [9.17, 15) is 19.8 Å². The van der Waals surface area contributed by atoms with Crippen molar-refractivity contribution >= 4 is 23.8 Å². The second kappa shape index (κ2) is 15.1. The fourth-order valence-electron chi connectivity index (χ4n) is 9.41. The average molecular weight is 719 g/mol. The molecule has 2 amide bonds. The summed E-state index contributed by atoms with van der Waals surface area (Å²) in [6.45, 7) is 0.429. The molecule has 5 fully saturated rings. The first kappa shape index (κ1) is 34.9. The molecule has 4 saturated carbocycles. The van der Waals surface area contributed by atoms with Gasteiger partial charge in [-0.2, -0.15) is 0 Å². The molecule has 4 aliphatic carbocycles. The zero-order valence-electron chi connectivity index (χ0n) is 29.2. The zero-order valence-corrected chi connectivity index (χ0v) is 30.0. The van der Waals surface area contributed by atoms with Gasteiger partial charge in [-0.25, -0.2) is 9.59 Å². The predicted octanol–water partition coefficient (Wildman–Crippen LogP) is 8.65. The number of amides is 2. The lowest BCUT2D eigenvalue weighted by atomic mass is 9.53. The molecule has 5 aliphatic rings. The van der Waals surface area contributed by atoms with Crippen molar-refractivity contribution in [2.45, 2.75) is 87.0 Å². The van der Waals surface area contributed by atoms with Crippen molar-refractivity contribution in [1.82, 2.24) is 10.6 Å². The van der Waals surface area contributed by atoms with Gasteiger partial charge in [-0.05, 0) is 108 Å². The summed E-state index contributed by atoms with van der Waals surface area (Å²) < 4.78 is 13.1. The number of benzene rings is 4. The number of carboxylic acid groups (broad SMARTS) is 1. The molecule has 9 heteroatoms. The van der Waals surface area contributed by atoms with Crippen molar-refractivity contribution in [2.75, 3.05) is 5.75 Å². The molecular formula is C43H46N2O6S. The summed E-state index contributed by atoms with van der Waals surface area (Å²) in [6, 6.07) is 31.2. The largest absolute Gasteiger partial charge is 0.478 e. The third-order valence-corrected chi connectivity index (χ3v) is 12.7. The number of aromatic carboxylic acids is 1. The summed E-state index contributed by atoms with van der Waals surface area (Å²) in [5, 5.41) is 25.4. The van der Waals surface area contributed by atoms with Crippen molar-refractivity contribution in [2.24, 2.45) is 17.8 Å². The minimum Gasteiger partial charge on any atom is -0.478 e. The number of nitrogens with one attached hydrogen (secondary N) is 2. The van der Waals surface area contributed by atoms with Crippen LogP contribution in [0.15, 0.2) is 102 Å². The molecule has 4 bridgehead atoms. The molecule has 3 atom stereocenters. The van der Waals surface area contributed by atoms with E-state index in [1.54, 1.807) is 23.9 Å². The molecule has 0 spiro atoms. The molecular weight excluding hydrogens is 673 g/mol. The lowest BCUT2D eigenvalue weighted by Crippen LogP contribution is -2.61. The van der Waals surface area contributed by atoms with Crippen LogP contribution in [0.4, 0.5) is 4.79 Å². The van der Waals surface area contributed by atoms with Crippen LogP contribution < -0.4 is 10.6 Å². The van der Waals surface area contributed by atoms with Gasteiger partial charge in [0.1, 0.15) is 0 Å². The summed E-state index contributed by atoms with van der Waals surface area (Å²) in [5.74, 6) is 2.06. The van der Waals surface area contributed by atoms with Gasteiger partial charge in [0.05, 0.1) is 24.4 Å². The number of urea groups is 1. The lowest BCUT2D eigenvalue weighted by molar-refractivity contribution is -0.245. The molecule has 0 radical (unpaired) electrons. The Morgan fingerprint density at radius 3 is 2.08 bits per heavy atom. The average Bonchev–Trinajstić information content (AvgIpc) is 3.16. The molecule has 1 heterocycles. The molecule has 0 aromatic heterocycles. The first-order valence-electron chi connectivity index (χ1n) is 18.5. The van der Waals surface area contributed by atoms with Crippen molar-refractivity contribution < 1.29 is 29.3 Å². The van der Waals surface area contributed by atoms with Gasteiger partial charge < -0.3 is 30.3 Å². The molecule has 1 saturated heterocycles. The van der Waals surface area contributed by atoms with Crippen LogP contribution in [0, 0.1) is 17.8 Å². The normalized spacial score (nSPS) is 27.6. The molecule has 1 aliphatic heterocycles. The van der Waals surface area contributed by atoms with Crippen LogP contribution in [-0.2, 0) is 22.6 Å². The van der Waals surface area contributed by atoms with E-state index < -0.39 is 12.3 Å². The second-order valence-electron chi connectivity index (χ2n) is 15.3. The molecule has 0 unspecified atom stereocenters. The summed E-state index contributed by atoms with van der Waals surface area (Å²) in [4.78, 5) is 25.5. The van der Waals surface area contributed by atoms with Gasteiger partial charge in [-0.1, -0.05) is 72.8 Å². The Balaban J connectivity index is 0.945. The summed E-state index contributed by atoms with van der Waals surface area (Å²) in [7, 11) is 0. The van der Waals surface area contributed by atoms with Gasteiger partial charge in [0, 0.05) is 34.7 Å². The van der Waals surface area contributed by atoms with Crippen molar-refractivity contribution in [3.8, 4) is 11.1 Å². The van der Waals surface area contributed by atoms with E-state index in [2.05, 4.69) is 47.0 Å². The van der Waals surface area contributed by atoms with E-state index in [1.165, 1.54) is 19.3 Å². The summed E-state index contributed by atoms with van der Waals surface area (Å²) in [6.07, 6.45) is 7.16.